The Hall–Kier alpha value is -1.06. The van der Waals surface area contributed by atoms with E-state index in [0.29, 0.717) is 0 Å². The molecule has 2 aliphatic heterocycles. The molecule has 1 N–H and O–H groups in total. The van der Waals surface area contributed by atoms with Gasteiger partial charge in [-0.2, -0.15) is 0 Å². The molecule has 4 heteroatoms. The Labute approximate surface area is 76.6 Å². The summed E-state index contributed by atoms with van der Waals surface area (Å²) in [5.74, 6) is -0.484. The molecule has 3 unspecified atom stereocenters. The zero-order chi connectivity index (χ0) is 9.80. The van der Waals surface area contributed by atoms with Crippen molar-refractivity contribution in [1.29, 1.82) is 0 Å². The summed E-state index contributed by atoms with van der Waals surface area (Å²) in [6.07, 6.45) is -0.257. The third kappa shape index (κ3) is 0.759. The van der Waals surface area contributed by atoms with Crippen LogP contribution < -0.4 is 5.32 Å². The Morgan fingerprint density at radius 3 is 2.38 bits per heavy atom. The minimum Gasteiger partial charge on any atom is -0.457 e. The van der Waals surface area contributed by atoms with Crippen LogP contribution in [0, 0.1) is 11.8 Å². The molecular formula is C9H13NO3. The lowest BCUT2D eigenvalue weighted by atomic mass is 9.76. The summed E-state index contributed by atoms with van der Waals surface area (Å²) in [7, 11) is 0. The van der Waals surface area contributed by atoms with E-state index >= 15 is 0 Å². The van der Waals surface area contributed by atoms with Crippen LogP contribution in [0.25, 0.3) is 0 Å². The van der Waals surface area contributed by atoms with Gasteiger partial charge in [0.1, 0.15) is 6.10 Å². The number of nitrogens with one attached hydrogen (secondary N) is 1. The number of rotatable bonds is 1. The van der Waals surface area contributed by atoms with Crippen molar-refractivity contribution >= 4 is 11.9 Å². The number of carbonyl (C=O) groups excluding carboxylic acids is 2. The first-order valence-electron chi connectivity index (χ1n) is 4.53. The summed E-state index contributed by atoms with van der Waals surface area (Å²) in [6, 6.07) is 0. The molecule has 3 atom stereocenters. The Morgan fingerprint density at radius 2 is 2.08 bits per heavy atom. The molecule has 72 valence electrons. The van der Waals surface area contributed by atoms with Gasteiger partial charge in [-0.15, -0.1) is 0 Å². The lowest BCUT2D eigenvalue weighted by molar-refractivity contribution is -0.196. The van der Waals surface area contributed by atoms with E-state index in [4.69, 9.17) is 4.74 Å². The van der Waals surface area contributed by atoms with Gasteiger partial charge < -0.3 is 10.1 Å². The quantitative estimate of drug-likeness (QED) is 0.585. The van der Waals surface area contributed by atoms with Gasteiger partial charge in [-0.25, -0.2) is 4.79 Å². The fourth-order valence-corrected chi connectivity index (χ4v) is 2.15. The first-order chi connectivity index (χ1) is 6.00. The highest BCUT2D eigenvalue weighted by Crippen LogP contribution is 2.42. The molecule has 2 fully saturated rings. The molecule has 1 amide bonds. The van der Waals surface area contributed by atoms with Gasteiger partial charge >= 0.3 is 5.97 Å². The Bertz CT molecular complexity index is 287. The van der Waals surface area contributed by atoms with E-state index in [1.807, 2.05) is 13.8 Å². The second-order valence-electron chi connectivity index (χ2n) is 4.13. The van der Waals surface area contributed by atoms with Crippen LogP contribution in [0.15, 0.2) is 0 Å². The highest BCUT2D eigenvalue weighted by Gasteiger charge is 2.68. The third-order valence-electron chi connectivity index (χ3n) is 3.13. The average molecular weight is 183 g/mol. The largest absolute Gasteiger partial charge is 0.457 e. The summed E-state index contributed by atoms with van der Waals surface area (Å²) >= 11 is 0. The fourth-order valence-electron chi connectivity index (χ4n) is 2.15. The van der Waals surface area contributed by atoms with Gasteiger partial charge in [0.15, 0.2) is 5.54 Å². The molecule has 4 nitrogen and oxygen atoms in total. The first kappa shape index (κ1) is 8.53. The standard InChI is InChI=1S/C9H13NO3/c1-4(2)9-6(13-8(9)12)5(3)7(11)10-9/h4-6H,1-3H3,(H,10,11). The van der Waals surface area contributed by atoms with Crippen LogP contribution in [0.2, 0.25) is 0 Å². The number of fused-ring (bicyclic) bond motifs is 1. The van der Waals surface area contributed by atoms with Gasteiger partial charge in [0, 0.05) is 0 Å². The summed E-state index contributed by atoms with van der Waals surface area (Å²) in [5.41, 5.74) is -0.726. The van der Waals surface area contributed by atoms with Gasteiger partial charge in [0.2, 0.25) is 5.91 Å². The molecule has 2 heterocycles. The third-order valence-corrected chi connectivity index (χ3v) is 3.13. The van der Waals surface area contributed by atoms with Crippen molar-refractivity contribution in [2.45, 2.75) is 32.4 Å². The van der Waals surface area contributed by atoms with Crippen LogP contribution in [0.5, 0.6) is 0 Å². The smallest absolute Gasteiger partial charge is 0.336 e. The number of ether oxygens (including phenoxy) is 1. The highest BCUT2D eigenvalue weighted by molar-refractivity contribution is 5.99. The van der Waals surface area contributed by atoms with Crippen LogP contribution >= 0.6 is 0 Å². The molecule has 2 saturated heterocycles. The van der Waals surface area contributed by atoms with E-state index < -0.39 is 5.54 Å². The van der Waals surface area contributed by atoms with E-state index in [9.17, 15) is 9.59 Å². The maximum Gasteiger partial charge on any atom is 0.336 e. The molecule has 0 spiro atoms. The van der Waals surface area contributed by atoms with Gasteiger partial charge in [0.25, 0.3) is 0 Å². The van der Waals surface area contributed by atoms with Crippen molar-refractivity contribution in [3.8, 4) is 0 Å². The molecule has 0 aromatic heterocycles. The molecule has 0 saturated carbocycles. The number of carbonyl (C=O) groups is 2. The predicted molar refractivity (Wildman–Crippen MR) is 44.8 cm³/mol. The Kier molecular flexibility index (Phi) is 1.47. The number of hydrogen-bond acceptors (Lipinski definition) is 3. The van der Waals surface area contributed by atoms with E-state index in [1.54, 1.807) is 6.92 Å². The summed E-state index contributed by atoms with van der Waals surface area (Å²) in [6.45, 7) is 5.63. The number of esters is 1. The molecule has 2 aliphatic rings. The van der Waals surface area contributed by atoms with E-state index in [1.165, 1.54) is 0 Å². The zero-order valence-electron chi connectivity index (χ0n) is 7.96. The van der Waals surface area contributed by atoms with Crippen LogP contribution in [0.4, 0.5) is 0 Å². The van der Waals surface area contributed by atoms with E-state index in [2.05, 4.69) is 5.32 Å². The normalized spacial score (nSPS) is 42.5. The van der Waals surface area contributed by atoms with Gasteiger partial charge in [-0.1, -0.05) is 13.8 Å². The summed E-state index contributed by atoms with van der Waals surface area (Å²) in [4.78, 5) is 22.7. The zero-order valence-corrected chi connectivity index (χ0v) is 7.96. The van der Waals surface area contributed by atoms with E-state index in [-0.39, 0.29) is 29.8 Å². The average Bonchev–Trinajstić information content (AvgIpc) is 2.25. The highest BCUT2D eigenvalue weighted by atomic mass is 16.6. The molecule has 0 bridgehead atoms. The number of amides is 1. The van der Waals surface area contributed by atoms with Gasteiger partial charge in [0.05, 0.1) is 5.92 Å². The monoisotopic (exact) mass is 183 g/mol. The second kappa shape index (κ2) is 2.25. The van der Waals surface area contributed by atoms with Gasteiger partial charge in [-0.05, 0) is 12.8 Å². The van der Waals surface area contributed by atoms with Crippen molar-refractivity contribution in [3.63, 3.8) is 0 Å². The lowest BCUT2D eigenvalue weighted by Gasteiger charge is -2.45. The van der Waals surface area contributed by atoms with Crippen LogP contribution in [0.1, 0.15) is 20.8 Å². The summed E-state index contributed by atoms with van der Waals surface area (Å²) in [5, 5.41) is 2.75. The number of hydrogen-bond donors (Lipinski definition) is 1. The van der Waals surface area contributed by atoms with Crippen molar-refractivity contribution < 1.29 is 14.3 Å². The maximum absolute atomic E-state index is 11.3. The van der Waals surface area contributed by atoms with Gasteiger partial charge in [-0.3, -0.25) is 4.79 Å². The van der Waals surface area contributed by atoms with Crippen LogP contribution in [-0.2, 0) is 14.3 Å². The molecule has 0 radical (unpaired) electrons. The van der Waals surface area contributed by atoms with Crippen molar-refractivity contribution in [1.82, 2.24) is 5.32 Å². The molecule has 0 aliphatic carbocycles. The second-order valence-corrected chi connectivity index (χ2v) is 4.13. The minimum atomic E-state index is -0.726. The lowest BCUT2D eigenvalue weighted by Crippen LogP contribution is -2.69. The van der Waals surface area contributed by atoms with Crippen LogP contribution in [0.3, 0.4) is 0 Å². The molecule has 0 aromatic carbocycles. The first-order valence-corrected chi connectivity index (χ1v) is 4.53. The van der Waals surface area contributed by atoms with E-state index in [0.717, 1.165) is 0 Å². The van der Waals surface area contributed by atoms with Crippen LogP contribution in [-0.4, -0.2) is 23.5 Å². The van der Waals surface area contributed by atoms with Crippen molar-refractivity contribution in [2.75, 3.05) is 0 Å². The maximum atomic E-state index is 11.3. The Morgan fingerprint density at radius 1 is 1.46 bits per heavy atom. The summed E-state index contributed by atoms with van der Waals surface area (Å²) < 4.78 is 4.99. The topological polar surface area (TPSA) is 55.4 Å². The van der Waals surface area contributed by atoms with Crippen molar-refractivity contribution in [3.05, 3.63) is 0 Å². The molecular weight excluding hydrogens is 170 g/mol. The SMILES string of the molecule is CC1C(=O)NC2(C(C)C)C(=O)OC12. The molecule has 0 aromatic rings. The molecule has 2 rings (SSSR count). The fraction of sp³-hybridized carbons (Fsp3) is 0.778. The minimum absolute atomic E-state index is 0.0791. The predicted octanol–water partition coefficient (Wildman–Crippen LogP) is 0.0725. The molecule has 13 heavy (non-hydrogen) atoms. The Balaban J connectivity index is 2.36. The van der Waals surface area contributed by atoms with Crippen molar-refractivity contribution in [2.24, 2.45) is 11.8 Å².